The molecule has 0 aliphatic rings. The lowest BCUT2D eigenvalue weighted by Crippen LogP contribution is -2.33. The third kappa shape index (κ3) is 9.36. The molecule has 1 atom stereocenters. The van der Waals surface area contributed by atoms with Crippen LogP contribution in [0.1, 0.15) is 6.92 Å². The molecule has 0 aromatic carbocycles. The van der Waals surface area contributed by atoms with E-state index in [1.807, 2.05) is 7.05 Å². The van der Waals surface area contributed by atoms with Gasteiger partial charge in [0.2, 0.25) is 0 Å². The van der Waals surface area contributed by atoms with E-state index in [-0.39, 0.29) is 0 Å². The largest absolute Gasteiger partial charge is 0.382 e. The van der Waals surface area contributed by atoms with Gasteiger partial charge in [0.25, 0.3) is 0 Å². The van der Waals surface area contributed by atoms with Gasteiger partial charge in [0.15, 0.2) is 0 Å². The summed E-state index contributed by atoms with van der Waals surface area (Å²) >= 11 is 5.74. The van der Waals surface area contributed by atoms with Gasteiger partial charge in [0, 0.05) is 25.6 Å². The van der Waals surface area contributed by atoms with Crippen molar-refractivity contribution in [3.63, 3.8) is 0 Å². The fourth-order valence-electron chi connectivity index (χ4n) is 1.01. The number of nitrogens with zero attached hydrogens (tertiary/aromatic N) is 1. The highest BCUT2D eigenvalue weighted by atomic mass is 35.5. The predicted octanol–water partition coefficient (Wildman–Crippen LogP) is 1.23. The average molecular weight is 254 g/mol. The van der Waals surface area contributed by atoms with Gasteiger partial charge >= 0.3 is 0 Å². The highest BCUT2D eigenvalue weighted by molar-refractivity contribution is 6.18. The van der Waals surface area contributed by atoms with E-state index in [0.717, 1.165) is 6.54 Å². The molecule has 16 heavy (non-hydrogen) atoms. The van der Waals surface area contributed by atoms with Gasteiger partial charge in [-0.25, -0.2) is 0 Å². The number of alkyl halides is 1. The van der Waals surface area contributed by atoms with Crippen LogP contribution in [0.15, 0.2) is 0 Å². The Morgan fingerprint density at radius 3 is 2.19 bits per heavy atom. The summed E-state index contributed by atoms with van der Waals surface area (Å²) in [6.45, 7) is 6.22. The average Bonchev–Trinajstić information content (AvgIpc) is 2.31. The first kappa shape index (κ1) is 16.1. The van der Waals surface area contributed by atoms with Crippen molar-refractivity contribution in [3.05, 3.63) is 0 Å². The fraction of sp³-hybridized carbons (Fsp3) is 1.00. The predicted molar refractivity (Wildman–Crippen MR) is 66.3 cm³/mol. The van der Waals surface area contributed by atoms with Crippen LogP contribution in [0.25, 0.3) is 0 Å². The van der Waals surface area contributed by atoms with Crippen LogP contribution >= 0.6 is 11.6 Å². The van der Waals surface area contributed by atoms with Crippen molar-refractivity contribution in [2.75, 3.05) is 59.6 Å². The molecule has 0 radical (unpaired) electrons. The molecule has 0 saturated heterocycles. The summed E-state index contributed by atoms with van der Waals surface area (Å²) in [5, 5.41) is 0. The second-order valence-corrected chi connectivity index (χ2v) is 4.01. The smallest absolute Gasteiger partial charge is 0.0701 e. The molecule has 1 unspecified atom stereocenters. The Balaban J connectivity index is 3.14. The zero-order chi connectivity index (χ0) is 12.2. The van der Waals surface area contributed by atoms with Gasteiger partial charge in [-0.3, -0.25) is 0 Å². The minimum Gasteiger partial charge on any atom is -0.382 e. The molecule has 0 aromatic rings. The first-order valence-electron chi connectivity index (χ1n) is 5.63. The van der Waals surface area contributed by atoms with E-state index < -0.39 is 0 Å². The van der Waals surface area contributed by atoms with Gasteiger partial charge in [0.05, 0.1) is 33.0 Å². The Hall–Kier alpha value is 0.130. The van der Waals surface area contributed by atoms with E-state index in [1.54, 1.807) is 7.11 Å². The lowest BCUT2D eigenvalue weighted by molar-refractivity contribution is 0.0195. The fourth-order valence-corrected chi connectivity index (χ4v) is 1.25. The van der Waals surface area contributed by atoms with E-state index in [9.17, 15) is 0 Å². The third-order valence-electron chi connectivity index (χ3n) is 2.37. The van der Waals surface area contributed by atoms with Crippen molar-refractivity contribution in [1.82, 2.24) is 4.90 Å². The van der Waals surface area contributed by atoms with Crippen LogP contribution in [-0.2, 0) is 14.2 Å². The van der Waals surface area contributed by atoms with Crippen molar-refractivity contribution < 1.29 is 14.2 Å². The van der Waals surface area contributed by atoms with E-state index in [4.69, 9.17) is 25.8 Å². The van der Waals surface area contributed by atoms with Crippen molar-refractivity contribution in [1.29, 1.82) is 0 Å². The Bertz CT molecular complexity index is 149. The Morgan fingerprint density at radius 2 is 1.62 bits per heavy atom. The molecule has 98 valence electrons. The number of hydrogen-bond acceptors (Lipinski definition) is 4. The topological polar surface area (TPSA) is 30.9 Å². The number of hydrogen-bond donors (Lipinski definition) is 0. The molecule has 0 aliphatic carbocycles. The first-order chi connectivity index (χ1) is 7.72. The summed E-state index contributed by atoms with van der Waals surface area (Å²) in [4.78, 5) is 2.18. The summed E-state index contributed by atoms with van der Waals surface area (Å²) in [6, 6.07) is 0.392. The molecular formula is C11H24ClNO3. The van der Waals surface area contributed by atoms with E-state index in [2.05, 4.69) is 11.8 Å². The molecule has 0 N–H and O–H groups in total. The first-order valence-corrected chi connectivity index (χ1v) is 6.16. The van der Waals surface area contributed by atoms with Crippen LogP contribution in [-0.4, -0.2) is 70.6 Å². The van der Waals surface area contributed by atoms with Crippen molar-refractivity contribution >= 4 is 11.6 Å². The number of rotatable bonds is 11. The van der Waals surface area contributed by atoms with E-state index in [0.29, 0.717) is 45.0 Å². The maximum atomic E-state index is 5.74. The van der Waals surface area contributed by atoms with Crippen molar-refractivity contribution in [2.45, 2.75) is 13.0 Å². The summed E-state index contributed by atoms with van der Waals surface area (Å²) < 4.78 is 15.5. The van der Waals surface area contributed by atoms with Gasteiger partial charge in [-0.15, -0.1) is 11.6 Å². The number of ether oxygens (including phenoxy) is 3. The van der Waals surface area contributed by atoms with Crippen LogP contribution in [0.4, 0.5) is 0 Å². The summed E-state index contributed by atoms with van der Waals surface area (Å²) in [5.41, 5.74) is 0. The van der Waals surface area contributed by atoms with Gasteiger partial charge < -0.3 is 19.1 Å². The maximum absolute atomic E-state index is 5.74. The molecule has 0 heterocycles. The van der Waals surface area contributed by atoms with Crippen LogP contribution in [0, 0.1) is 0 Å². The molecule has 0 aromatic heterocycles. The minimum absolute atomic E-state index is 0.392. The van der Waals surface area contributed by atoms with Gasteiger partial charge in [-0.05, 0) is 14.0 Å². The van der Waals surface area contributed by atoms with E-state index >= 15 is 0 Å². The highest BCUT2D eigenvalue weighted by Crippen LogP contribution is 1.97. The lowest BCUT2D eigenvalue weighted by Gasteiger charge is -2.22. The molecule has 0 rings (SSSR count). The standard InChI is InChI=1S/C11H24ClNO3/c1-11(10-12)13(2)4-5-15-8-9-16-7-6-14-3/h11H,4-10H2,1-3H3. The number of methoxy groups -OCH3 is 1. The second-order valence-electron chi connectivity index (χ2n) is 3.70. The zero-order valence-electron chi connectivity index (χ0n) is 10.6. The maximum Gasteiger partial charge on any atom is 0.0701 e. The summed E-state index contributed by atoms with van der Waals surface area (Å²) in [6.07, 6.45) is 0. The molecule has 0 aliphatic heterocycles. The number of likely N-dealkylation sites (N-methyl/N-ethyl adjacent to an activating group) is 1. The third-order valence-corrected chi connectivity index (χ3v) is 2.81. The molecule has 5 heteroatoms. The highest BCUT2D eigenvalue weighted by Gasteiger charge is 2.06. The SMILES string of the molecule is COCCOCCOCCN(C)C(C)CCl. The molecular weight excluding hydrogens is 230 g/mol. The number of halogens is 1. The molecule has 0 spiro atoms. The molecule has 4 nitrogen and oxygen atoms in total. The van der Waals surface area contributed by atoms with E-state index in [1.165, 1.54) is 0 Å². The molecule has 0 fully saturated rings. The normalized spacial score (nSPS) is 13.3. The molecule has 0 saturated carbocycles. The lowest BCUT2D eigenvalue weighted by atomic mass is 10.3. The van der Waals surface area contributed by atoms with Crippen LogP contribution in [0.3, 0.4) is 0 Å². The Morgan fingerprint density at radius 1 is 1.06 bits per heavy atom. The Kier molecular flexibility index (Phi) is 11.7. The van der Waals surface area contributed by atoms with Crippen LogP contribution in [0.2, 0.25) is 0 Å². The van der Waals surface area contributed by atoms with Crippen LogP contribution < -0.4 is 0 Å². The Labute approximate surface area is 104 Å². The minimum atomic E-state index is 0.392. The van der Waals surface area contributed by atoms with Gasteiger partial charge in [0.1, 0.15) is 0 Å². The summed E-state index contributed by atoms with van der Waals surface area (Å²) in [7, 11) is 3.71. The second kappa shape index (κ2) is 11.6. The quantitative estimate of drug-likeness (QED) is 0.409. The van der Waals surface area contributed by atoms with Crippen molar-refractivity contribution in [2.24, 2.45) is 0 Å². The summed E-state index contributed by atoms with van der Waals surface area (Å²) in [5.74, 6) is 0.649. The van der Waals surface area contributed by atoms with Gasteiger partial charge in [-0.1, -0.05) is 0 Å². The zero-order valence-corrected chi connectivity index (χ0v) is 11.3. The van der Waals surface area contributed by atoms with Gasteiger partial charge in [-0.2, -0.15) is 0 Å². The molecule has 0 bridgehead atoms. The monoisotopic (exact) mass is 253 g/mol. The van der Waals surface area contributed by atoms with Crippen molar-refractivity contribution in [3.8, 4) is 0 Å². The van der Waals surface area contributed by atoms with Crippen LogP contribution in [0.5, 0.6) is 0 Å². The molecule has 0 amide bonds.